The smallest absolute Gasteiger partial charge is 0.295 e. The summed E-state index contributed by atoms with van der Waals surface area (Å²) in [4.78, 5) is 28.4. The van der Waals surface area contributed by atoms with E-state index in [4.69, 9.17) is 9.47 Å². The van der Waals surface area contributed by atoms with Crippen molar-refractivity contribution >= 4 is 17.4 Å². The molecule has 1 amide bonds. The molecule has 0 spiro atoms. The summed E-state index contributed by atoms with van der Waals surface area (Å²) in [7, 11) is 0. The summed E-state index contributed by atoms with van der Waals surface area (Å²) < 4.78 is 11.3. The standard InChI is InChI=1S/C29H35NO5/c1-5-34-22-14-11-19(12-15-22)26-25(28(32)29(33)30(26)21-9-7-8-10-21)27(31)20-13-16-24(35-6-2)23(17-20)18(3)4/h11-18,21,26,31H,5-10H2,1-4H3/b27-25-. The van der Waals surface area contributed by atoms with Gasteiger partial charge in [0.2, 0.25) is 0 Å². The molecule has 0 aromatic heterocycles. The number of carbonyl (C=O) groups excluding carboxylic acids is 2. The molecule has 2 aromatic carbocycles. The Morgan fingerprint density at radius 3 is 2.26 bits per heavy atom. The lowest BCUT2D eigenvalue weighted by Gasteiger charge is -2.31. The van der Waals surface area contributed by atoms with Crippen LogP contribution in [0.25, 0.3) is 5.76 Å². The molecule has 1 N–H and O–H groups in total. The third kappa shape index (κ3) is 4.79. The van der Waals surface area contributed by atoms with Crippen molar-refractivity contribution in [3.63, 3.8) is 0 Å². The van der Waals surface area contributed by atoms with Gasteiger partial charge in [0.05, 0.1) is 24.8 Å². The van der Waals surface area contributed by atoms with Crippen molar-refractivity contribution in [2.75, 3.05) is 13.2 Å². The van der Waals surface area contributed by atoms with E-state index < -0.39 is 17.7 Å². The van der Waals surface area contributed by atoms with Gasteiger partial charge in [0.15, 0.2) is 0 Å². The highest BCUT2D eigenvalue weighted by atomic mass is 16.5. The molecule has 6 heteroatoms. The lowest BCUT2D eigenvalue weighted by Crippen LogP contribution is -2.37. The highest BCUT2D eigenvalue weighted by Crippen LogP contribution is 2.44. The molecule has 4 rings (SSSR count). The molecule has 1 unspecified atom stereocenters. The normalized spacial score (nSPS) is 20.1. The maximum atomic E-state index is 13.4. The Kier molecular flexibility index (Phi) is 7.48. The Morgan fingerprint density at radius 2 is 1.66 bits per heavy atom. The van der Waals surface area contributed by atoms with Gasteiger partial charge in [-0.15, -0.1) is 0 Å². The summed E-state index contributed by atoms with van der Waals surface area (Å²) >= 11 is 0. The number of likely N-dealkylation sites (tertiary alicyclic amines) is 1. The second-order valence-electron chi connectivity index (χ2n) is 9.49. The molecular weight excluding hydrogens is 442 g/mol. The second kappa shape index (κ2) is 10.5. The Balaban J connectivity index is 1.84. The van der Waals surface area contributed by atoms with Crippen LogP contribution in [-0.2, 0) is 9.59 Å². The van der Waals surface area contributed by atoms with Crippen LogP contribution in [0.4, 0.5) is 0 Å². The van der Waals surface area contributed by atoms with E-state index >= 15 is 0 Å². The molecule has 1 heterocycles. The number of amides is 1. The first-order valence-corrected chi connectivity index (χ1v) is 12.7. The van der Waals surface area contributed by atoms with Crippen molar-refractivity contribution in [3.8, 4) is 11.5 Å². The molecule has 1 atom stereocenters. The van der Waals surface area contributed by atoms with Gasteiger partial charge in [-0.25, -0.2) is 0 Å². The van der Waals surface area contributed by atoms with Gasteiger partial charge in [0, 0.05) is 11.6 Å². The number of Topliss-reactive ketones (excluding diaryl/α,β-unsaturated/α-hetero) is 1. The number of aliphatic hydroxyl groups is 1. The molecule has 1 aliphatic carbocycles. The minimum Gasteiger partial charge on any atom is -0.507 e. The number of hydrogen-bond acceptors (Lipinski definition) is 5. The molecule has 1 saturated heterocycles. The van der Waals surface area contributed by atoms with Gasteiger partial charge in [-0.3, -0.25) is 9.59 Å². The fraction of sp³-hybridized carbons (Fsp3) is 0.448. The fourth-order valence-corrected chi connectivity index (χ4v) is 5.24. The molecular formula is C29H35NO5. The van der Waals surface area contributed by atoms with E-state index in [1.165, 1.54) is 0 Å². The highest BCUT2D eigenvalue weighted by Gasteiger charge is 2.49. The van der Waals surface area contributed by atoms with E-state index in [1.807, 2.05) is 50.2 Å². The van der Waals surface area contributed by atoms with Gasteiger partial charge in [0.1, 0.15) is 17.3 Å². The molecule has 186 valence electrons. The van der Waals surface area contributed by atoms with Crippen molar-refractivity contribution in [1.29, 1.82) is 0 Å². The first kappa shape index (κ1) is 24.8. The second-order valence-corrected chi connectivity index (χ2v) is 9.49. The molecule has 1 aliphatic heterocycles. The van der Waals surface area contributed by atoms with Crippen molar-refractivity contribution in [1.82, 2.24) is 4.90 Å². The van der Waals surface area contributed by atoms with Crippen LogP contribution in [0.15, 0.2) is 48.0 Å². The molecule has 2 fully saturated rings. The van der Waals surface area contributed by atoms with Crippen LogP contribution in [-0.4, -0.2) is 41.0 Å². The average molecular weight is 478 g/mol. The minimum absolute atomic E-state index is 0.0140. The number of carbonyl (C=O) groups is 2. The summed E-state index contributed by atoms with van der Waals surface area (Å²) in [5.41, 5.74) is 2.39. The highest BCUT2D eigenvalue weighted by molar-refractivity contribution is 6.46. The topological polar surface area (TPSA) is 76.1 Å². The van der Waals surface area contributed by atoms with E-state index in [-0.39, 0.29) is 23.3 Å². The van der Waals surface area contributed by atoms with Gasteiger partial charge >= 0.3 is 0 Å². The SMILES string of the molecule is CCOc1ccc(C2/C(=C(/O)c3ccc(OCC)c(C(C)C)c3)C(=O)C(=O)N2C2CCCC2)cc1. The summed E-state index contributed by atoms with van der Waals surface area (Å²) in [5, 5.41) is 11.5. The van der Waals surface area contributed by atoms with Crippen LogP contribution < -0.4 is 9.47 Å². The zero-order valence-corrected chi connectivity index (χ0v) is 21.0. The molecule has 2 aliphatic rings. The zero-order chi connectivity index (χ0) is 25.1. The predicted molar refractivity (Wildman–Crippen MR) is 136 cm³/mol. The van der Waals surface area contributed by atoms with Crippen molar-refractivity contribution in [2.24, 2.45) is 0 Å². The van der Waals surface area contributed by atoms with E-state index in [2.05, 4.69) is 13.8 Å². The predicted octanol–water partition coefficient (Wildman–Crippen LogP) is 5.97. The summed E-state index contributed by atoms with van der Waals surface area (Å²) in [6.45, 7) is 9.05. The van der Waals surface area contributed by atoms with Crippen molar-refractivity contribution in [3.05, 3.63) is 64.7 Å². The van der Waals surface area contributed by atoms with Crippen LogP contribution >= 0.6 is 0 Å². The maximum absolute atomic E-state index is 13.4. The zero-order valence-electron chi connectivity index (χ0n) is 21.0. The Labute approximate surface area is 207 Å². The molecule has 1 saturated carbocycles. The number of aliphatic hydroxyl groups excluding tert-OH is 1. The lowest BCUT2D eigenvalue weighted by molar-refractivity contribution is -0.141. The largest absolute Gasteiger partial charge is 0.507 e. The molecule has 2 aromatic rings. The maximum Gasteiger partial charge on any atom is 0.295 e. The number of benzene rings is 2. The summed E-state index contributed by atoms with van der Waals surface area (Å²) in [6, 6.07) is 12.3. The Morgan fingerprint density at radius 1 is 1.00 bits per heavy atom. The van der Waals surface area contributed by atoms with E-state index in [9.17, 15) is 14.7 Å². The lowest BCUT2D eigenvalue weighted by atomic mass is 9.92. The fourth-order valence-electron chi connectivity index (χ4n) is 5.24. The molecule has 6 nitrogen and oxygen atoms in total. The monoisotopic (exact) mass is 477 g/mol. The third-order valence-corrected chi connectivity index (χ3v) is 6.91. The van der Waals surface area contributed by atoms with E-state index in [1.54, 1.807) is 11.0 Å². The van der Waals surface area contributed by atoms with Crippen molar-refractivity contribution in [2.45, 2.75) is 71.4 Å². The van der Waals surface area contributed by atoms with Crippen LogP contribution in [0.2, 0.25) is 0 Å². The number of ketones is 1. The van der Waals surface area contributed by atoms with Crippen LogP contribution in [0.3, 0.4) is 0 Å². The first-order chi connectivity index (χ1) is 16.9. The van der Waals surface area contributed by atoms with Gasteiger partial charge in [0.25, 0.3) is 11.7 Å². The Bertz CT molecular complexity index is 1110. The van der Waals surface area contributed by atoms with Gasteiger partial charge in [-0.1, -0.05) is 38.8 Å². The molecule has 0 bridgehead atoms. The average Bonchev–Trinajstić information content (AvgIpc) is 3.46. The molecule has 0 radical (unpaired) electrons. The number of hydrogen-bond donors (Lipinski definition) is 1. The Hall–Kier alpha value is -3.28. The van der Waals surface area contributed by atoms with Crippen LogP contribution in [0.1, 0.15) is 82.0 Å². The van der Waals surface area contributed by atoms with Crippen LogP contribution in [0.5, 0.6) is 11.5 Å². The van der Waals surface area contributed by atoms with Crippen molar-refractivity contribution < 1.29 is 24.2 Å². The van der Waals surface area contributed by atoms with Gasteiger partial charge in [-0.05, 0) is 74.1 Å². The minimum atomic E-state index is -0.636. The van der Waals surface area contributed by atoms with Crippen LogP contribution in [0, 0.1) is 0 Å². The third-order valence-electron chi connectivity index (χ3n) is 6.91. The quantitative estimate of drug-likeness (QED) is 0.288. The van der Waals surface area contributed by atoms with E-state index in [0.29, 0.717) is 18.8 Å². The first-order valence-electron chi connectivity index (χ1n) is 12.7. The van der Waals surface area contributed by atoms with E-state index in [0.717, 1.165) is 48.3 Å². The molecule has 35 heavy (non-hydrogen) atoms. The van der Waals surface area contributed by atoms with Gasteiger partial charge in [-0.2, -0.15) is 0 Å². The van der Waals surface area contributed by atoms with Gasteiger partial charge < -0.3 is 19.5 Å². The number of rotatable bonds is 8. The number of nitrogens with zero attached hydrogens (tertiary/aromatic N) is 1. The summed E-state index contributed by atoms with van der Waals surface area (Å²) in [5.74, 6) is 0.330. The number of ether oxygens (including phenoxy) is 2. The summed E-state index contributed by atoms with van der Waals surface area (Å²) in [6.07, 6.45) is 3.78.